The van der Waals surface area contributed by atoms with Crippen molar-refractivity contribution in [3.05, 3.63) is 30.1 Å². The average molecular weight is 231 g/mol. The van der Waals surface area contributed by atoms with Crippen molar-refractivity contribution in [2.24, 2.45) is 11.8 Å². The van der Waals surface area contributed by atoms with Gasteiger partial charge in [0.2, 0.25) is 0 Å². The lowest BCUT2D eigenvalue weighted by molar-refractivity contribution is -0.108. The monoisotopic (exact) mass is 231 g/mol. The first-order valence-corrected chi connectivity index (χ1v) is 6.71. The largest absolute Gasteiger partial charge is 0.303 e. The predicted molar refractivity (Wildman–Crippen MR) is 68.7 cm³/mol. The number of carbonyl (C=O) groups is 1. The molecule has 0 N–H and O–H groups in total. The van der Waals surface area contributed by atoms with E-state index >= 15 is 0 Å². The van der Waals surface area contributed by atoms with Crippen molar-refractivity contribution in [2.45, 2.75) is 44.9 Å². The second kappa shape index (κ2) is 6.53. The maximum absolute atomic E-state index is 10.6. The molecular formula is C15H21NO. The SMILES string of the molecule is O=CCC1CCCC(Cc2ccncc2)CC1. The van der Waals surface area contributed by atoms with Crippen LogP contribution in [0.5, 0.6) is 0 Å². The Morgan fingerprint density at radius 2 is 1.82 bits per heavy atom. The molecule has 2 atom stereocenters. The summed E-state index contributed by atoms with van der Waals surface area (Å²) in [6.07, 6.45) is 13.1. The highest BCUT2D eigenvalue weighted by Gasteiger charge is 2.18. The lowest BCUT2D eigenvalue weighted by atomic mass is 9.92. The van der Waals surface area contributed by atoms with E-state index in [9.17, 15) is 4.79 Å². The Bertz CT molecular complexity index is 336. The summed E-state index contributed by atoms with van der Waals surface area (Å²) >= 11 is 0. The van der Waals surface area contributed by atoms with Crippen molar-refractivity contribution in [2.75, 3.05) is 0 Å². The van der Waals surface area contributed by atoms with E-state index in [2.05, 4.69) is 17.1 Å². The van der Waals surface area contributed by atoms with Gasteiger partial charge in [-0.05, 0) is 48.8 Å². The normalized spacial score (nSPS) is 25.2. The fraction of sp³-hybridized carbons (Fsp3) is 0.600. The van der Waals surface area contributed by atoms with Gasteiger partial charge in [-0.1, -0.05) is 19.3 Å². The number of hydrogen-bond donors (Lipinski definition) is 0. The molecule has 1 heterocycles. The number of nitrogens with zero attached hydrogens (tertiary/aromatic N) is 1. The number of pyridine rings is 1. The van der Waals surface area contributed by atoms with E-state index in [1.807, 2.05) is 12.4 Å². The van der Waals surface area contributed by atoms with Gasteiger partial charge in [-0.25, -0.2) is 0 Å². The van der Waals surface area contributed by atoms with Gasteiger partial charge in [-0.2, -0.15) is 0 Å². The van der Waals surface area contributed by atoms with Crippen molar-refractivity contribution < 1.29 is 4.79 Å². The fourth-order valence-electron chi connectivity index (χ4n) is 2.88. The lowest BCUT2D eigenvalue weighted by Gasteiger charge is -2.14. The molecule has 1 aromatic heterocycles. The molecule has 2 heteroatoms. The lowest BCUT2D eigenvalue weighted by Crippen LogP contribution is -2.04. The molecule has 0 saturated heterocycles. The zero-order valence-electron chi connectivity index (χ0n) is 10.3. The summed E-state index contributed by atoms with van der Waals surface area (Å²) < 4.78 is 0. The fourth-order valence-corrected chi connectivity index (χ4v) is 2.88. The van der Waals surface area contributed by atoms with Gasteiger partial charge in [-0.3, -0.25) is 4.98 Å². The molecular weight excluding hydrogens is 210 g/mol. The van der Waals surface area contributed by atoms with Gasteiger partial charge in [-0.15, -0.1) is 0 Å². The van der Waals surface area contributed by atoms with E-state index in [1.165, 1.54) is 44.1 Å². The van der Waals surface area contributed by atoms with Gasteiger partial charge in [0, 0.05) is 18.8 Å². The van der Waals surface area contributed by atoms with Gasteiger partial charge in [0.05, 0.1) is 0 Å². The summed E-state index contributed by atoms with van der Waals surface area (Å²) in [4.78, 5) is 14.6. The molecule has 2 unspecified atom stereocenters. The van der Waals surface area contributed by atoms with Crippen LogP contribution in [0.1, 0.15) is 44.1 Å². The minimum Gasteiger partial charge on any atom is -0.303 e. The molecule has 2 rings (SSSR count). The van der Waals surface area contributed by atoms with E-state index in [1.54, 1.807) is 0 Å². The van der Waals surface area contributed by atoms with Gasteiger partial charge >= 0.3 is 0 Å². The maximum atomic E-state index is 10.6. The standard InChI is InChI=1S/C15H21NO/c17-11-8-13-2-1-3-14(5-4-13)12-15-6-9-16-10-7-15/h6-7,9-11,13-14H,1-5,8,12H2. The van der Waals surface area contributed by atoms with Crippen LogP contribution < -0.4 is 0 Å². The third-order valence-corrected chi connectivity index (χ3v) is 3.91. The Morgan fingerprint density at radius 3 is 2.59 bits per heavy atom. The van der Waals surface area contributed by atoms with Crippen LogP contribution in [0, 0.1) is 11.8 Å². The van der Waals surface area contributed by atoms with Crippen LogP contribution in [0.3, 0.4) is 0 Å². The number of aldehydes is 1. The van der Waals surface area contributed by atoms with E-state index in [4.69, 9.17) is 0 Å². The molecule has 17 heavy (non-hydrogen) atoms. The van der Waals surface area contributed by atoms with Crippen LogP contribution in [0.4, 0.5) is 0 Å². The number of hydrogen-bond acceptors (Lipinski definition) is 2. The van der Waals surface area contributed by atoms with Crippen LogP contribution in [0.2, 0.25) is 0 Å². The summed E-state index contributed by atoms with van der Waals surface area (Å²) in [6.45, 7) is 0. The minimum absolute atomic E-state index is 0.648. The molecule has 1 aliphatic rings. The Hall–Kier alpha value is -1.18. The Balaban J connectivity index is 1.84. The molecule has 0 bridgehead atoms. The van der Waals surface area contributed by atoms with Crippen molar-refractivity contribution in [3.8, 4) is 0 Å². The summed E-state index contributed by atoms with van der Waals surface area (Å²) in [6, 6.07) is 4.24. The predicted octanol–water partition coefficient (Wildman–Crippen LogP) is 3.41. The van der Waals surface area contributed by atoms with Crippen LogP contribution in [-0.4, -0.2) is 11.3 Å². The molecule has 1 aliphatic carbocycles. The van der Waals surface area contributed by atoms with E-state index in [-0.39, 0.29) is 0 Å². The zero-order valence-corrected chi connectivity index (χ0v) is 10.3. The highest BCUT2D eigenvalue weighted by Crippen LogP contribution is 2.30. The molecule has 2 nitrogen and oxygen atoms in total. The quantitative estimate of drug-likeness (QED) is 0.587. The highest BCUT2D eigenvalue weighted by atomic mass is 16.1. The van der Waals surface area contributed by atoms with Gasteiger partial charge < -0.3 is 4.79 Å². The molecule has 0 aliphatic heterocycles. The first-order valence-electron chi connectivity index (χ1n) is 6.71. The molecule has 0 amide bonds. The van der Waals surface area contributed by atoms with Crippen LogP contribution in [0.25, 0.3) is 0 Å². The Labute approximate surface area is 103 Å². The van der Waals surface area contributed by atoms with Crippen LogP contribution >= 0.6 is 0 Å². The molecule has 1 aromatic rings. The van der Waals surface area contributed by atoms with Crippen molar-refractivity contribution >= 4 is 6.29 Å². The summed E-state index contributed by atoms with van der Waals surface area (Å²) in [7, 11) is 0. The molecule has 1 fully saturated rings. The van der Waals surface area contributed by atoms with E-state index in [0.717, 1.165) is 18.6 Å². The van der Waals surface area contributed by atoms with Gasteiger partial charge in [0.15, 0.2) is 0 Å². The smallest absolute Gasteiger partial charge is 0.120 e. The van der Waals surface area contributed by atoms with Crippen molar-refractivity contribution in [3.63, 3.8) is 0 Å². The Kier molecular flexibility index (Phi) is 4.72. The summed E-state index contributed by atoms with van der Waals surface area (Å²) in [5, 5.41) is 0. The highest BCUT2D eigenvalue weighted by molar-refractivity contribution is 5.49. The summed E-state index contributed by atoms with van der Waals surface area (Å²) in [5.41, 5.74) is 1.40. The second-order valence-electron chi connectivity index (χ2n) is 5.20. The number of aromatic nitrogens is 1. The number of carbonyl (C=O) groups excluding carboxylic acids is 1. The molecule has 0 radical (unpaired) electrons. The molecule has 1 saturated carbocycles. The van der Waals surface area contributed by atoms with E-state index < -0.39 is 0 Å². The molecule has 92 valence electrons. The number of rotatable bonds is 4. The van der Waals surface area contributed by atoms with Crippen LogP contribution in [0.15, 0.2) is 24.5 Å². The average Bonchev–Trinajstić information content (AvgIpc) is 2.57. The first kappa shape index (κ1) is 12.3. The van der Waals surface area contributed by atoms with Crippen LogP contribution in [-0.2, 0) is 11.2 Å². The molecule has 0 spiro atoms. The second-order valence-corrected chi connectivity index (χ2v) is 5.20. The molecule has 0 aromatic carbocycles. The Morgan fingerprint density at radius 1 is 1.12 bits per heavy atom. The van der Waals surface area contributed by atoms with E-state index in [0.29, 0.717) is 5.92 Å². The minimum atomic E-state index is 0.648. The first-order chi connectivity index (χ1) is 8.38. The zero-order chi connectivity index (χ0) is 11.9. The maximum Gasteiger partial charge on any atom is 0.120 e. The third-order valence-electron chi connectivity index (χ3n) is 3.91. The van der Waals surface area contributed by atoms with Gasteiger partial charge in [0.1, 0.15) is 6.29 Å². The topological polar surface area (TPSA) is 30.0 Å². The van der Waals surface area contributed by atoms with Crippen molar-refractivity contribution in [1.82, 2.24) is 4.98 Å². The summed E-state index contributed by atoms with van der Waals surface area (Å²) in [5.74, 6) is 1.45. The van der Waals surface area contributed by atoms with Crippen molar-refractivity contribution in [1.29, 1.82) is 0 Å². The van der Waals surface area contributed by atoms with Gasteiger partial charge in [0.25, 0.3) is 0 Å². The third kappa shape index (κ3) is 3.95.